The molecular formula is C8H16O2S2. The van der Waals surface area contributed by atoms with Crippen molar-refractivity contribution in [2.24, 2.45) is 0 Å². The van der Waals surface area contributed by atoms with Crippen LogP contribution in [0, 0.1) is 0 Å². The molecule has 0 aliphatic carbocycles. The molecule has 0 saturated heterocycles. The Hall–Kier alpha value is 0.170. The van der Waals surface area contributed by atoms with Gasteiger partial charge < -0.3 is 5.11 Å². The number of hydrogen-bond acceptors (Lipinski definition) is 3. The summed E-state index contributed by atoms with van der Waals surface area (Å²) in [4.78, 5) is 10.6. The molecule has 0 heterocycles. The van der Waals surface area contributed by atoms with Gasteiger partial charge in [0.05, 0.1) is 0 Å². The van der Waals surface area contributed by atoms with Crippen LogP contribution in [0.3, 0.4) is 0 Å². The van der Waals surface area contributed by atoms with E-state index < -0.39 is 5.97 Å². The highest BCUT2D eigenvalue weighted by molar-refractivity contribution is 7.99. The van der Waals surface area contributed by atoms with Crippen LogP contribution in [-0.2, 0) is 4.79 Å². The lowest BCUT2D eigenvalue weighted by Crippen LogP contribution is -2.15. The van der Waals surface area contributed by atoms with Crippen molar-refractivity contribution in [1.29, 1.82) is 0 Å². The van der Waals surface area contributed by atoms with E-state index in [1.165, 1.54) is 11.8 Å². The standard InChI is InChI=1S/C8H16O2S2/c1-11-6-4-3-5-7(12-2)8(9)10/h7H,3-6H2,1-2H3,(H,9,10). The van der Waals surface area contributed by atoms with Crippen molar-refractivity contribution in [2.45, 2.75) is 24.5 Å². The van der Waals surface area contributed by atoms with Crippen LogP contribution in [0.2, 0.25) is 0 Å². The Balaban J connectivity index is 3.38. The van der Waals surface area contributed by atoms with E-state index in [-0.39, 0.29) is 5.25 Å². The Kier molecular flexibility index (Phi) is 7.91. The maximum atomic E-state index is 10.6. The first-order chi connectivity index (χ1) is 5.72. The summed E-state index contributed by atoms with van der Waals surface area (Å²) in [5.74, 6) is 0.465. The molecule has 1 unspecified atom stereocenters. The Bertz CT molecular complexity index is 128. The third kappa shape index (κ3) is 5.77. The molecule has 0 radical (unpaired) electrons. The van der Waals surface area contributed by atoms with Gasteiger partial charge in [-0.1, -0.05) is 6.42 Å². The summed E-state index contributed by atoms with van der Waals surface area (Å²) in [5, 5.41) is 8.50. The van der Waals surface area contributed by atoms with Gasteiger partial charge in [0.15, 0.2) is 0 Å². The predicted octanol–water partition coefficient (Wildman–Crippen LogP) is 2.34. The number of carbonyl (C=O) groups is 1. The number of thioether (sulfide) groups is 2. The second kappa shape index (κ2) is 7.80. The number of carboxylic acids is 1. The van der Waals surface area contributed by atoms with Gasteiger partial charge >= 0.3 is 5.97 Å². The number of carboxylic acid groups (broad SMARTS) is 1. The van der Waals surface area contributed by atoms with Crippen molar-refractivity contribution in [2.75, 3.05) is 18.3 Å². The molecule has 2 nitrogen and oxygen atoms in total. The minimum absolute atomic E-state index is 0.202. The Morgan fingerprint density at radius 1 is 1.42 bits per heavy atom. The van der Waals surface area contributed by atoms with Crippen molar-refractivity contribution < 1.29 is 9.90 Å². The van der Waals surface area contributed by atoms with Gasteiger partial charge in [0, 0.05) is 0 Å². The lowest BCUT2D eigenvalue weighted by atomic mass is 10.2. The molecule has 12 heavy (non-hydrogen) atoms. The lowest BCUT2D eigenvalue weighted by Gasteiger charge is -2.07. The largest absolute Gasteiger partial charge is 0.480 e. The molecule has 0 aromatic carbocycles. The molecule has 0 spiro atoms. The van der Waals surface area contributed by atoms with E-state index in [0.29, 0.717) is 0 Å². The first kappa shape index (κ1) is 12.2. The highest BCUT2D eigenvalue weighted by Crippen LogP contribution is 2.15. The highest BCUT2D eigenvalue weighted by atomic mass is 32.2. The quantitative estimate of drug-likeness (QED) is 0.652. The molecule has 72 valence electrons. The lowest BCUT2D eigenvalue weighted by molar-refractivity contribution is -0.136. The molecule has 0 aliphatic rings. The monoisotopic (exact) mass is 208 g/mol. The fraction of sp³-hybridized carbons (Fsp3) is 0.875. The summed E-state index contributed by atoms with van der Waals surface area (Å²) in [7, 11) is 0. The topological polar surface area (TPSA) is 37.3 Å². The van der Waals surface area contributed by atoms with Gasteiger partial charge in [-0.3, -0.25) is 4.79 Å². The van der Waals surface area contributed by atoms with Gasteiger partial charge in [0.2, 0.25) is 0 Å². The van der Waals surface area contributed by atoms with E-state index in [1.807, 2.05) is 18.0 Å². The molecule has 0 aromatic heterocycles. The smallest absolute Gasteiger partial charge is 0.316 e. The molecular weight excluding hydrogens is 192 g/mol. The third-order valence-electron chi connectivity index (χ3n) is 1.62. The van der Waals surface area contributed by atoms with Gasteiger partial charge in [-0.15, -0.1) is 0 Å². The van der Waals surface area contributed by atoms with Gasteiger partial charge in [0.25, 0.3) is 0 Å². The Morgan fingerprint density at radius 2 is 2.08 bits per heavy atom. The molecule has 1 atom stereocenters. The van der Waals surface area contributed by atoms with E-state index in [9.17, 15) is 4.79 Å². The van der Waals surface area contributed by atoms with Crippen molar-refractivity contribution in [3.05, 3.63) is 0 Å². The van der Waals surface area contributed by atoms with Crippen LogP contribution in [0.5, 0.6) is 0 Å². The van der Waals surface area contributed by atoms with Gasteiger partial charge in [-0.25, -0.2) is 0 Å². The first-order valence-corrected chi connectivity index (χ1v) is 6.65. The zero-order valence-electron chi connectivity index (χ0n) is 7.58. The maximum Gasteiger partial charge on any atom is 0.316 e. The normalized spacial score (nSPS) is 12.8. The van der Waals surface area contributed by atoms with Crippen LogP contribution in [0.15, 0.2) is 0 Å². The Morgan fingerprint density at radius 3 is 2.50 bits per heavy atom. The second-order valence-corrected chi connectivity index (χ2v) is 4.58. The average Bonchev–Trinajstić information content (AvgIpc) is 2.04. The minimum Gasteiger partial charge on any atom is -0.480 e. The average molecular weight is 208 g/mol. The van der Waals surface area contributed by atoms with Crippen molar-refractivity contribution in [3.63, 3.8) is 0 Å². The van der Waals surface area contributed by atoms with Crippen LogP contribution in [-0.4, -0.2) is 34.6 Å². The van der Waals surface area contributed by atoms with Gasteiger partial charge in [-0.2, -0.15) is 23.5 Å². The van der Waals surface area contributed by atoms with E-state index in [0.717, 1.165) is 25.0 Å². The van der Waals surface area contributed by atoms with E-state index in [1.54, 1.807) is 0 Å². The first-order valence-electron chi connectivity index (χ1n) is 3.97. The zero-order valence-corrected chi connectivity index (χ0v) is 9.21. The van der Waals surface area contributed by atoms with Crippen LogP contribution < -0.4 is 0 Å². The number of aliphatic carboxylic acids is 1. The fourth-order valence-corrected chi connectivity index (χ4v) is 2.02. The van der Waals surface area contributed by atoms with Crippen LogP contribution in [0.4, 0.5) is 0 Å². The zero-order chi connectivity index (χ0) is 9.40. The maximum absolute atomic E-state index is 10.6. The summed E-state index contributed by atoms with van der Waals surface area (Å²) in [5.41, 5.74) is 0. The molecule has 4 heteroatoms. The van der Waals surface area contributed by atoms with Crippen LogP contribution >= 0.6 is 23.5 Å². The van der Waals surface area contributed by atoms with E-state index in [2.05, 4.69) is 6.26 Å². The molecule has 1 N–H and O–H groups in total. The minimum atomic E-state index is -0.674. The molecule has 0 saturated carbocycles. The van der Waals surface area contributed by atoms with Crippen molar-refractivity contribution in [1.82, 2.24) is 0 Å². The summed E-state index contributed by atoms with van der Waals surface area (Å²) in [6.07, 6.45) is 6.89. The summed E-state index contributed by atoms with van der Waals surface area (Å²) in [6, 6.07) is 0. The number of unbranched alkanes of at least 4 members (excludes halogenated alkanes) is 1. The van der Waals surface area contributed by atoms with Crippen molar-refractivity contribution >= 4 is 29.5 Å². The van der Waals surface area contributed by atoms with E-state index in [4.69, 9.17) is 5.11 Å². The SMILES string of the molecule is CSCCCCC(SC)C(=O)O. The molecule has 0 rings (SSSR count). The highest BCUT2D eigenvalue weighted by Gasteiger charge is 2.14. The van der Waals surface area contributed by atoms with Crippen LogP contribution in [0.25, 0.3) is 0 Å². The molecule has 0 aliphatic heterocycles. The molecule has 0 bridgehead atoms. The second-order valence-electron chi connectivity index (χ2n) is 2.55. The van der Waals surface area contributed by atoms with Crippen molar-refractivity contribution in [3.8, 4) is 0 Å². The molecule has 0 amide bonds. The Labute approximate surface area is 82.5 Å². The summed E-state index contributed by atoms with van der Waals surface area (Å²) >= 11 is 3.24. The number of rotatable bonds is 7. The molecule has 0 fully saturated rings. The van der Waals surface area contributed by atoms with Crippen LogP contribution in [0.1, 0.15) is 19.3 Å². The molecule has 0 aromatic rings. The summed E-state index contributed by atoms with van der Waals surface area (Å²) in [6.45, 7) is 0. The predicted molar refractivity (Wildman–Crippen MR) is 57.2 cm³/mol. The number of hydrogen-bond donors (Lipinski definition) is 1. The summed E-state index contributed by atoms with van der Waals surface area (Å²) < 4.78 is 0. The van der Waals surface area contributed by atoms with Gasteiger partial charge in [-0.05, 0) is 31.1 Å². The third-order valence-corrected chi connectivity index (χ3v) is 3.33. The van der Waals surface area contributed by atoms with Gasteiger partial charge in [0.1, 0.15) is 5.25 Å². The fourth-order valence-electron chi connectivity index (χ4n) is 0.918. The van der Waals surface area contributed by atoms with E-state index >= 15 is 0 Å².